The van der Waals surface area contributed by atoms with E-state index in [0.29, 0.717) is 11.1 Å². The fraction of sp³-hybridized carbons (Fsp3) is 0.571. The van der Waals surface area contributed by atoms with E-state index in [1.54, 1.807) is 6.07 Å². The van der Waals surface area contributed by atoms with Gasteiger partial charge >= 0.3 is 0 Å². The maximum Gasteiger partial charge on any atom is 0.0468 e. The van der Waals surface area contributed by atoms with Crippen LogP contribution in [0.25, 0.3) is 0 Å². The van der Waals surface area contributed by atoms with Crippen LogP contribution in [0.1, 0.15) is 51.6 Å². The molecule has 1 aromatic carbocycles. The molecule has 2 atom stereocenters. The van der Waals surface area contributed by atoms with Crippen LogP contribution in [0.4, 0.5) is 0 Å². The molecule has 0 fully saturated rings. The lowest BCUT2D eigenvalue weighted by Crippen LogP contribution is -2.31. The first kappa shape index (κ1) is 14.8. The molecule has 2 unspecified atom stereocenters. The van der Waals surface area contributed by atoms with Gasteiger partial charge in [0.2, 0.25) is 0 Å². The second-order valence-corrected chi connectivity index (χ2v) is 5.29. The molecule has 0 radical (unpaired) electrons. The zero-order chi connectivity index (χ0) is 12.8. The molecule has 17 heavy (non-hydrogen) atoms. The molecular formula is C14H21Cl2N. The summed E-state index contributed by atoms with van der Waals surface area (Å²) in [6.07, 6.45) is 3.54. The van der Waals surface area contributed by atoms with Gasteiger partial charge in [-0.3, -0.25) is 0 Å². The van der Waals surface area contributed by atoms with Crippen LogP contribution in [0, 0.1) is 0 Å². The van der Waals surface area contributed by atoms with Gasteiger partial charge in [-0.1, -0.05) is 49.5 Å². The lowest BCUT2D eigenvalue weighted by Gasteiger charge is -2.23. The molecule has 1 N–H and O–H groups in total. The van der Waals surface area contributed by atoms with Crippen LogP contribution in [0.2, 0.25) is 10.0 Å². The maximum atomic E-state index is 6.20. The van der Waals surface area contributed by atoms with E-state index in [0.717, 1.165) is 17.0 Å². The molecule has 0 aliphatic rings. The van der Waals surface area contributed by atoms with Crippen molar-refractivity contribution in [3.8, 4) is 0 Å². The van der Waals surface area contributed by atoms with Crippen LogP contribution in [-0.2, 0) is 0 Å². The lowest BCUT2D eigenvalue weighted by atomic mass is 10.0. The fourth-order valence-corrected chi connectivity index (χ4v) is 2.62. The first-order chi connectivity index (χ1) is 8.08. The first-order valence-electron chi connectivity index (χ1n) is 6.29. The standard InChI is InChI=1S/C14H21Cl2N/c1-4-6-12(5-2)17-10(3)13-8-7-11(15)9-14(13)16/h7-10,12,17H,4-6H2,1-3H3. The Labute approximate surface area is 115 Å². The number of hydrogen-bond donors (Lipinski definition) is 1. The SMILES string of the molecule is CCCC(CC)NC(C)c1ccc(Cl)cc1Cl. The fourth-order valence-electron chi connectivity index (χ4n) is 2.05. The average Bonchev–Trinajstić information content (AvgIpc) is 2.28. The number of benzene rings is 1. The summed E-state index contributed by atoms with van der Waals surface area (Å²) in [5, 5.41) is 5.04. The molecule has 0 bridgehead atoms. The lowest BCUT2D eigenvalue weighted by molar-refractivity contribution is 0.417. The summed E-state index contributed by atoms with van der Waals surface area (Å²) in [6, 6.07) is 6.51. The minimum absolute atomic E-state index is 0.260. The van der Waals surface area contributed by atoms with Crippen LogP contribution in [0.15, 0.2) is 18.2 Å². The van der Waals surface area contributed by atoms with Crippen molar-refractivity contribution in [1.29, 1.82) is 0 Å². The summed E-state index contributed by atoms with van der Waals surface area (Å²) < 4.78 is 0. The monoisotopic (exact) mass is 273 g/mol. The Morgan fingerprint density at radius 3 is 2.47 bits per heavy atom. The highest BCUT2D eigenvalue weighted by atomic mass is 35.5. The van der Waals surface area contributed by atoms with Gasteiger partial charge in [0.25, 0.3) is 0 Å². The van der Waals surface area contributed by atoms with Crippen LogP contribution >= 0.6 is 23.2 Å². The predicted octanol–water partition coefficient (Wildman–Crippen LogP) is 5.22. The van der Waals surface area contributed by atoms with Crippen molar-refractivity contribution in [2.45, 2.75) is 52.1 Å². The molecule has 1 aromatic rings. The van der Waals surface area contributed by atoms with Crippen molar-refractivity contribution in [1.82, 2.24) is 5.32 Å². The number of hydrogen-bond acceptors (Lipinski definition) is 1. The van der Waals surface area contributed by atoms with E-state index in [1.165, 1.54) is 12.8 Å². The van der Waals surface area contributed by atoms with Crippen LogP contribution < -0.4 is 5.32 Å². The summed E-state index contributed by atoms with van der Waals surface area (Å²) in [5.41, 5.74) is 1.12. The van der Waals surface area contributed by atoms with Gasteiger partial charge in [-0.2, -0.15) is 0 Å². The Kier molecular flexibility index (Phi) is 6.32. The molecule has 0 saturated carbocycles. The van der Waals surface area contributed by atoms with E-state index < -0.39 is 0 Å². The Bertz CT molecular complexity index is 352. The largest absolute Gasteiger partial charge is 0.307 e. The van der Waals surface area contributed by atoms with Crippen LogP contribution in [-0.4, -0.2) is 6.04 Å². The third kappa shape index (κ3) is 4.50. The zero-order valence-corrected chi connectivity index (χ0v) is 12.3. The highest BCUT2D eigenvalue weighted by Crippen LogP contribution is 2.26. The van der Waals surface area contributed by atoms with Crippen molar-refractivity contribution < 1.29 is 0 Å². The number of halogens is 2. The van der Waals surface area contributed by atoms with Crippen molar-refractivity contribution in [2.75, 3.05) is 0 Å². The molecule has 0 amide bonds. The third-order valence-corrected chi connectivity index (χ3v) is 3.61. The molecule has 3 heteroatoms. The smallest absolute Gasteiger partial charge is 0.0468 e. The topological polar surface area (TPSA) is 12.0 Å². The molecular weight excluding hydrogens is 253 g/mol. The molecule has 0 aliphatic heterocycles. The van der Waals surface area contributed by atoms with Crippen molar-refractivity contribution in [3.63, 3.8) is 0 Å². The summed E-state index contributed by atoms with van der Waals surface area (Å²) in [7, 11) is 0. The summed E-state index contributed by atoms with van der Waals surface area (Å²) >= 11 is 12.1. The molecule has 0 aliphatic carbocycles. The van der Waals surface area contributed by atoms with Crippen LogP contribution in [0.5, 0.6) is 0 Å². The van der Waals surface area contributed by atoms with E-state index >= 15 is 0 Å². The van der Waals surface area contributed by atoms with E-state index in [1.807, 2.05) is 12.1 Å². The Morgan fingerprint density at radius 2 is 1.94 bits per heavy atom. The average molecular weight is 274 g/mol. The molecule has 0 saturated heterocycles. The zero-order valence-electron chi connectivity index (χ0n) is 10.8. The molecule has 0 spiro atoms. The van der Waals surface area contributed by atoms with Gasteiger partial charge < -0.3 is 5.32 Å². The summed E-state index contributed by atoms with van der Waals surface area (Å²) in [5.74, 6) is 0. The van der Waals surface area contributed by atoms with E-state index in [9.17, 15) is 0 Å². The quantitative estimate of drug-likeness (QED) is 0.749. The highest BCUT2D eigenvalue weighted by molar-refractivity contribution is 6.35. The van der Waals surface area contributed by atoms with Crippen molar-refractivity contribution in [3.05, 3.63) is 33.8 Å². The molecule has 1 nitrogen and oxygen atoms in total. The van der Waals surface area contributed by atoms with Gasteiger partial charge in [-0.25, -0.2) is 0 Å². The predicted molar refractivity (Wildman–Crippen MR) is 77.0 cm³/mol. The van der Waals surface area contributed by atoms with Gasteiger partial charge in [0, 0.05) is 22.1 Å². The van der Waals surface area contributed by atoms with Gasteiger partial charge in [0.15, 0.2) is 0 Å². The number of nitrogens with one attached hydrogen (secondary N) is 1. The van der Waals surface area contributed by atoms with Gasteiger partial charge in [0.1, 0.15) is 0 Å². The second-order valence-electron chi connectivity index (χ2n) is 4.45. The molecule has 1 rings (SSSR count). The normalized spacial score (nSPS) is 14.6. The van der Waals surface area contributed by atoms with Crippen LogP contribution in [0.3, 0.4) is 0 Å². The maximum absolute atomic E-state index is 6.20. The highest BCUT2D eigenvalue weighted by Gasteiger charge is 2.13. The Balaban J connectivity index is 2.71. The minimum Gasteiger partial charge on any atom is -0.307 e. The molecule has 96 valence electrons. The van der Waals surface area contributed by atoms with Gasteiger partial charge in [-0.05, 0) is 37.5 Å². The van der Waals surface area contributed by atoms with E-state index in [-0.39, 0.29) is 6.04 Å². The van der Waals surface area contributed by atoms with Gasteiger partial charge in [-0.15, -0.1) is 0 Å². The summed E-state index contributed by atoms with van der Waals surface area (Å²) in [6.45, 7) is 6.57. The number of rotatable bonds is 6. The molecule has 0 aromatic heterocycles. The first-order valence-corrected chi connectivity index (χ1v) is 7.05. The Morgan fingerprint density at radius 1 is 1.24 bits per heavy atom. The summed E-state index contributed by atoms with van der Waals surface area (Å²) in [4.78, 5) is 0. The van der Waals surface area contributed by atoms with Crippen molar-refractivity contribution >= 4 is 23.2 Å². The molecule has 0 heterocycles. The Hall–Kier alpha value is -0.240. The van der Waals surface area contributed by atoms with E-state index in [2.05, 4.69) is 26.1 Å². The second kappa shape index (κ2) is 7.25. The van der Waals surface area contributed by atoms with Gasteiger partial charge in [0.05, 0.1) is 0 Å². The van der Waals surface area contributed by atoms with E-state index in [4.69, 9.17) is 23.2 Å². The third-order valence-electron chi connectivity index (χ3n) is 3.04. The van der Waals surface area contributed by atoms with Crippen molar-refractivity contribution in [2.24, 2.45) is 0 Å². The minimum atomic E-state index is 0.260.